The molecule has 3 heteroatoms. The summed E-state index contributed by atoms with van der Waals surface area (Å²) < 4.78 is 5.21. The molecule has 1 N–H and O–H groups in total. The Morgan fingerprint density at radius 2 is 1.95 bits per heavy atom. The van der Waals surface area contributed by atoms with Gasteiger partial charge in [0.25, 0.3) is 0 Å². The highest BCUT2D eigenvalue weighted by molar-refractivity contribution is 5.88. The van der Waals surface area contributed by atoms with Crippen molar-refractivity contribution in [1.82, 2.24) is 0 Å². The van der Waals surface area contributed by atoms with Gasteiger partial charge in [0.05, 0.1) is 5.57 Å². The number of rotatable bonds is 8. The standard InChI is InChI=1S/C16H20O3/c1-2-15(11-7-4-8-12-17)16(18)19-13-14-9-5-3-6-10-14/h3,5-6,9-10,17H,1,4,7-8,11-13H2. The first kappa shape index (κ1) is 15.2. The number of hydrogen-bond acceptors (Lipinski definition) is 3. The van der Waals surface area contributed by atoms with Gasteiger partial charge >= 0.3 is 5.97 Å². The molecule has 0 aliphatic rings. The fourth-order valence-electron chi connectivity index (χ4n) is 1.66. The van der Waals surface area contributed by atoms with Gasteiger partial charge in [0, 0.05) is 6.61 Å². The molecule has 0 atom stereocenters. The molecule has 0 aromatic heterocycles. The maximum atomic E-state index is 11.8. The highest BCUT2D eigenvalue weighted by Crippen LogP contribution is 2.11. The highest BCUT2D eigenvalue weighted by atomic mass is 16.5. The average molecular weight is 260 g/mol. The molecule has 0 radical (unpaired) electrons. The van der Waals surface area contributed by atoms with Crippen LogP contribution in [0.3, 0.4) is 0 Å². The Labute approximate surface area is 114 Å². The van der Waals surface area contributed by atoms with Crippen LogP contribution in [0, 0.1) is 0 Å². The third-order valence-corrected chi connectivity index (χ3v) is 2.76. The van der Waals surface area contributed by atoms with E-state index in [9.17, 15) is 4.79 Å². The molecule has 3 nitrogen and oxygen atoms in total. The quantitative estimate of drug-likeness (QED) is 0.338. The van der Waals surface area contributed by atoms with Crippen LogP contribution in [0.5, 0.6) is 0 Å². The normalized spacial score (nSPS) is 9.74. The van der Waals surface area contributed by atoms with Crippen LogP contribution >= 0.6 is 0 Å². The van der Waals surface area contributed by atoms with Crippen LogP contribution in [-0.2, 0) is 16.1 Å². The number of aliphatic hydroxyl groups is 1. The summed E-state index contributed by atoms with van der Waals surface area (Å²) in [5, 5.41) is 8.68. The van der Waals surface area contributed by atoms with E-state index in [0.29, 0.717) is 12.0 Å². The summed E-state index contributed by atoms with van der Waals surface area (Å²) in [6, 6.07) is 9.55. The molecular weight excluding hydrogens is 240 g/mol. The average Bonchev–Trinajstić information content (AvgIpc) is 2.46. The van der Waals surface area contributed by atoms with Crippen molar-refractivity contribution in [2.75, 3.05) is 6.61 Å². The van der Waals surface area contributed by atoms with E-state index in [4.69, 9.17) is 9.84 Å². The molecule has 0 saturated heterocycles. The summed E-state index contributed by atoms with van der Waals surface area (Å²) in [6.07, 6.45) is 3.06. The van der Waals surface area contributed by atoms with E-state index >= 15 is 0 Å². The number of hydrogen-bond donors (Lipinski definition) is 1. The first-order chi connectivity index (χ1) is 9.27. The Morgan fingerprint density at radius 3 is 2.58 bits per heavy atom. The van der Waals surface area contributed by atoms with Crippen LogP contribution in [0.15, 0.2) is 48.2 Å². The molecule has 1 rings (SSSR count). The molecule has 0 spiro atoms. The third kappa shape index (κ3) is 6.05. The van der Waals surface area contributed by atoms with E-state index in [1.165, 1.54) is 0 Å². The van der Waals surface area contributed by atoms with Gasteiger partial charge in [-0.1, -0.05) is 43.3 Å². The third-order valence-electron chi connectivity index (χ3n) is 2.76. The lowest BCUT2D eigenvalue weighted by molar-refractivity contribution is -0.140. The molecule has 0 bridgehead atoms. The zero-order chi connectivity index (χ0) is 13.9. The van der Waals surface area contributed by atoms with Crippen LogP contribution in [0.25, 0.3) is 0 Å². The number of ether oxygens (including phenoxy) is 1. The monoisotopic (exact) mass is 260 g/mol. The van der Waals surface area contributed by atoms with Crippen molar-refractivity contribution < 1.29 is 14.6 Å². The van der Waals surface area contributed by atoms with Crippen molar-refractivity contribution in [3.63, 3.8) is 0 Å². The Bertz CT molecular complexity index is 431. The van der Waals surface area contributed by atoms with Crippen molar-refractivity contribution in [2.45, 2.75) is 32.3 Å². The molecule has 0 aliphatic carbocycles. The second-order valence-electron chi connectivity index (χ2n) is 4.25. The molecule has 0 fully saturated rings. The van der Waals surface area contributed by atoms with Gasteiger partial charge in [-0.25, -0.2) is 4.79 Å². The number of benzene rings is 1. The van der Waals surface area contributed by atoms with Crippen molar-refractivity contribution in [1.29, 1.82) is 0 Å². The zero-order valence-corrected chi connectivity index (χ0v) is 11.1. The van der Waals surface area contributed by atoms with Gasteiger partial charge in [-0.3, -0.25) is 0 Å². The van der Waals surface area contributed by atoms with E-state index in [2.05, 4.69) is 12.3 Å². The topological polar surface area (TPSA) is 46.5 Å². The minimum Gasteiger partial charge on any atom is -0.457 e. The number of carbonyl (C=O) groups excluding carboxylic acids is 1. The van der Waals surface area contributed by atoms with Crippen molar-refractivity contribution >= 4 is 5.97 Å². The van der Waals surface area contributed by atoms with Gasteiger partial charge in [0.2, 0.25) is 0 Å². The predicted octanol–water partition coefficient (Wildman–Crippen LogP) is 2.99. The first-order valence-corrected chi connectivity index (χ1v) is 6.48. The molecule has 19 heavy (non-hydrogen) atoms. The van der Waals surface area contributed by atoms with Gasteiger partial charge in [-0.2, -0.15) is 0 Å². The maximum absolute atomic E-state index is 11.8. The van der Waals surface area contributed by atoms with Crippen LogP contribution in [0.1, 0.15) is 31.2 Å². The van der Waals surface area contributed by atoms with Crippen molar-refractivity contribution in [2.24, 2.45) is 0 Å². The van der Waals surface area contributed by atoms with Crippen LogP contribution < -0.4 is 0 Å². The summed E-state index contributed by atoms with van der Waals surface area (Å²) in [4.78, 5) is 11.8. The minimum atomic E-state index is -0.358. The van der Waals surface area contributed by atoms with E-state index in [0.717, 1.165) is 24.8 Å². The van der Waals surface area contributed by atoms with Gasteiger partial charge in [0.1, 0.15) is 6.61 Å². The fourth-order valence-corrected chi connectivity index (χ4v) is 1.66. The number of carbonyl (C=O) groups is 1. The molecule has 0 aliphatic heterocycles. The summed E-state index contributed by atoms with van der Waals surface area (Å²) in [7, 11) is 0. The lowest BCUT2D eigenvalue weighted by Crippen LogP contribution is -2.07. The molecule has 1 aromatic rings. The lowest BCUT2D eigenvalue weighted by atomic mass is 10.1. The zero-order valence-electron chi connectivity index (χ0n) is 11.1. The largest absolute Gasteiger partial charge is 0.457 e. The van der Waals surface area contributed by atoms with E-state index in [-0.39, 0.29) is 19.2 Å². The van der Waals surface area contributed by atoms with E-state index < -0.39 is 0 Å². The fraction of sp³-hybridized carbons (Fsp3) is 0.375. The Kier molecular flexibility index (Phi) is 7.33. The minimum absolute atomic E-state index is 0.186. The van der Waals surface area contributed by atoms with Crippen molar-refractivity contribution in [3.05, 3.63) is 53.8 Å². The smallest absolute Gasteiger partial charge is 0.342 e. The van der Waals surface area contributed by atoms with Crippen molar-refractivity contribution in [3.8, 4) is 0 Å². The number of aliphatic hydroxyl groups excluding tert-OH is 1. The SMILES string of the molecule is C=C=C(CCCCCO)C(=O)OCc1ccccc1. The molecule has 1 aromatic carbocycles. The summed E-state index contributed by atoms with van der Waals surface area (Å²) in [5.41, 5.74) is 4.08. The maximum Gasteiger partial charge on any atom is 0.342 e. The molecule has 0 amide bonds. The highest BCUT2D eigenvalue weighted by Gasteiger charge is 2.10. The summed E-state index contributed by atoms with van der Waals surface area (Å²) in [6.45, 7) is 3.98. The summed E-state index contributed by atoms with van der Waals surface area (Å²) in [5.74, 6) is -0.358. The Hall–Kier alpha value is -1.83. The molecule has 0 heterocycles. The molecule has 0 saturated carbocycles. The Morgan fingerprint density at radius 1 is 1.21 bits per heavy atom. The van der Waals surface area contributed by atoms with Gasteiger partial charge in [-0.15, -0.1) is 5.73 Å². The van der Waals surface area contributed by atoms with E-state index in [1.54, 1.807) is 0 Å². The molecular formula is C16H20O3. The van der Waals surface area contributed by atoms with Crippen LogP contribution in [-0.4, -0.2) is 17.7 Å². The van der Waals surface area contributed by atoms with Gasteiger partial charge in [0.15, 0.2) is 0 Å². The summed E-state index contributed by atoms with van der Waals surface area (Å²) >= 11 is 0. The van der Waals surface area contributed by atoms with Gasteiger partial charge in [-0.05, 0) is 24.8 Å². The first-order valence-electron chi connectivity index (χ1n) is 6.48. The Balaban J connectivity index is 2.36. The second-order valence-corrected chi connectivity index (χ2v) is 4.25. The molecule has 102 valence electrons. The number of esters is 1. The van der Waals surface area contributed by atoms with Gasteiger partial charge < -0.3 is 9.84 Å². The lowest BCUT2D eigenvalue weighted by Gasteiger charge is -2.06. The van der Waals surface area contributed by atoms with Crippen LogP contribution in [0.4, 0.5) is 0 Å². The number of unbranched alkanes of at least 4 members (excludes halogenated alkanes) is 2. The molecule has 0 unspecified atom stereocenters. The van der Waals surface area contributed by atoms with E-state index in [1.807, 2.05) is 30.3 Å². The predicted molar refractivity (Wildman–Crippen MR) is 74.4 cm³/mol. The second kappa shape index (κ2) is 9.15. The van der Waals surface area contributed by atoms with Crippen LogP contribution in [0.2, 0.25) is 0 Å².